The number of benzene rings is 1. The Labute approximate surface area is 185 Å². The first kappa shape index (κ1) is 23.1. The summed E-state index contributed by atoms with van der Waals surface area (Å²) in [6, 6.07) is 6.41. The lowest BCUT2D eigenvalue weighted by molar-refractivity contribution is -0.144. The molecule has 31 heavy (non-hydrogen) atoms. The molecule has 3 rings (SSSR count). The molecule has 0 unspecified atom stereocenters. The Morgan fingerprint density at radius 2 is 1.90 bits per heavy atom. The van der Waals surface area contributed by atoms with Crippen molar-refractivity contribution in [3.05, 3.63) is 41.5 Å². The molecule has 0 bridgehead atoms. The van der Waals surface area contributed by atoms with Gasteiger partial charge in [-0.05, 0) is 24.6 Å². The van der Waals surface area contributed by atoms with Crippen LogP contribution in [0, 0.1) is 5.82 Å². The SMILES string of the molecule is CCOC(=O)CCC(=O)NCCN1CCN(c2nc(Cc3ccc(F)cc3)ns2)CC1. The van der Waals surface area contributed by atoms with Gasteiger partial charge in [-0.1, -0.05) is 12.1 Å². The van der Waals surface area contributed by atoms with E-state index in [-0.39, 0.29) is 30.5 Å². The molecule has 1 fully saturated rings. The van der Waals surface area contributed by atoms with E-state index < -0.39 is 0 Å². The lowest BCUT2D eigenvalue weighted by Crippen LogP contribution is -2.48. The van der Waals surface area contributed by atoms with Crippen molar-refractivity contribution in [1.29, 1.82) is 0 Å². The van der Waals surface area contributed by atoms with Crippen LogP contribution in [0.25, 0.3) is 0 Å². The molecule has 2 aromatic rings. The van der Waals surface area contributed by atoms with Crippen LogP contribution in [-0.4, -0.2) is 72.0 Å². The molecular formula is C21H28FN5O3S. The summed E-state index contributed by atoms with van der Waals surface area (Å²) < 4.78 is 22.3. The molecule has 1 saturated heterocycles. The maximum absolute atomic E-state index is 13.0. The third-order valence-corrected chi connectivity index (χ3v) is 5.80. The van der Waals surface area contributed by atoms with Crippen LogP contribution >= 0.6 is 11.5 Å². The number of piperazine rings is 1. The highest BCUT2D eigenvalue weighted by Crippen LogP contribution is 2.20. The van der Waals surface area contributed by atoms with Gasteiger partial charge in [-0.15, -0.1) is 0 Å². The third-order valence-electron chi connectivity index (χ3n) is 4.99. The van der Waals surface area contributed by atoms with Crippen LogP contribution in [0.15, 0.2) is 24.3 Å². The van der Waals surface area contributed by atoms with Crippen molar-refractivity contribution in [2.75, 3.05) is 50.8 Å². The van der Waals surface area contributed by atoms with Gasteiger partial charge in [0.05, 0.1) is 13.0 Å². The number of rotatable bonds is 10. The highest BCUT2D eigenvalue weighted by molar-refractivity contribution is 7.09. The van der Waals surface area contributed by atoms with E-state index in [1.807, 2.05) is 0 Å². The highest BCUT2D eigenvalue weighted by Gasteiger charge is 2.20. The molecule has 0 saturated carbocycles. The molecule has 0 aliphatic carbocycles. The van der Waals surface area contributed by atoms with Gasteiger partial charge < -0.3 is 15.0 Å². The van der Waals surface area contributed by atoms with Crippen molar-refractivity contribution in [3.8, 4) is 0 Å². The Morgan fingerprint density at radius 3 is 2.61 bits per heavy atom. The fourth-order valence-electron chi connectivity index (χ4n) is 3.28. The fraction of sp³-hybridized carbons (Fsp3) is 0.524. The molecule has 0 atom stereocenters. The second kappa shape index (κ2) is 11.7. The van der Waals surface area contributed by atoms with Crippen LogP contribution in [0.2, 0.25) is 0 Å². The molecule has 1 aliphatic heterocycles. The summed E-state index contributed by atoms with van der Waals surface area (Å²) in [5, 5.41) is 3.76. The molecule has 0 spiro atoms. The number of carbonyl (C=O) groups is 2. The van der Waals surface area contributed by atoms with Gasteiger partial charge in [-0.2, -0.15) is 4.37 Å². The number of carbonyl (C=O) groups excluding carboxylic acids is 2. The molecule has 1 aromatic carbocycles. The number of hydrogen-bond donors (Lipinski definition) is 1. The summed E-state index contributed by atoms with van der Waals surface area (Å²) in [6.07, 6.45) is 0.861. The van der Waals surface area contributed by atoms with Crippen molar-refractivity contribution in [2.24, 2.45) is 0 Å². The van der Waals surface area contributed by atoms with Crippen LogP contribution in [0.5, 0.6) is 0 Å². The first-order valence-electron chi connectivity index (χ1n) is 10.5. The number of nitrogens with one attached hydrogen (secondary N) is 1. The van der Waals surface area contributed by atoms with Crippen molar-refractivity contribution in [3.63, 3.8) is 0 Å². The van der Waals surface area contributed by atoms with Crippen LogP contribution in [0.4, 0.5) is 9.52 Å². The van der Waals surface area contributed by atoms with Crippen molar-refractivity contribution in [2.45, 2.75) is 26.2 Å². The van der Waals surface area contributed by atoms with E-state index in [0.717, 1.165) is 49.2 Å². The topological polar surface area (TPSA) is 87.7 Å². The van der Waals surface area contributed by atoms with Gasteiger partial charge >= 0.3 is 5.97 Å². The quantitative estimate of drug-likeness (QED) is 0.554. The summed E-state index contributed by atoms with van der Waals surface area (Å²) in [5.41, 5.74) is 0.986. The average molecular weight is 450 g/mol. The second-order valence-electron chi connectivity index (χ2n) is 7.28. The van der Waals surface area contributed by atoms with E-state index in [1.165, 1.54) is 23.7 Å². The number of esters is 1. The van der Waals surface area contributed by atoms with Gasteiger partial charge in [-0.25, -0.2) is 9.37 Å². The summed E-state index contributed by atoms with van der Waals surface area (Å²) in [4.78, 5) is 32.2. The van der Waals surface area contributed by atoms with Gasteiger partial charge in [0.15, 0.2) is 0 Å². The predicted molar refractivity (Wildman–Crippen MR) is 117 cm³/mol. The van der Waals surface area contributed by atoms with E-state index in [1.54, 1.807) is 19.1 Å². The normalized spacial score (nSPS) is 14.5. The van der Waals surface area contributed by atoms with E-state index >= 15 is 0 Å². The van der Waals surface area contributed by atoms with Gasteiger partial charge in [0.2, 0.25) is 11.0 Å². The molecular weight excluding hydrogens is 421 g/mol. The molecule has 1 N–H and O–H groups in total. The Bertz CT molecular complexity index is 853. The molecule has 1 aliphatic rings. The smallest absolute Gasteiger partial charge is 0.306 e. The molecule has 1 amide bonds. The molecule has 168 valence electrons. The summed E-state index contributed by atoms with van der Waals surface area (Å²) in [6.45, 7) is 6.86. The van der Waals surface area contributed by atoms with Gasteiger partial charge in [0.25, 0.3) is 0 Å². The third kappa shape index (κ3) is 7.55. The Kier molecular flexibility index (Phi) is 8.72. The van der Waals surface area contributed by atoms with E-state index in [0.29, 0.717) is 19.6 Å². The van der Waals surface area contributed by atoms with Crippen molar-refractivity contribution < 1.29 is 18.7 Å². The number of anilines is 1. The molecule has 2 heterocycles. The monoisotopic (exact) mass is 449 g/mol. The van der Waals surface area contributed by atoms with Crippen LogP contribution in [0.3, 0.4) is 0 Å². The average Bonchev–Trinajstić information content (AvgIpc) is 3.23. The Balaban J connectivity index is 1.34. The lowest BCUT2D eigenvalue weighted by Gasteiger charge is -2.34. The zero-order chi connectivity index (χ0) is 22.1. The summed E-state index contributed by atoms with van der Waals surface area (Å²) >= 11 is 1.39. The fourth-order valence-corrected chi connectivity index (χ4v) is 4.02. The Hall–Kier alpha value is -2.59. The standard InChI is InChI=1S/C21H28FN5O3S/c1-2-30-20(29)8-7-19(28)23-9-10-26-11-13-27(14-12-26)21-24-18(25-31-21)15-16-3-5-17(22)6-4-16/h3-6H,2,7-15H2,1H3,(H,23,28). The minimum Gasteiger partial charge on any atom is -0.466 e. The van der Waals surface area contributed by atoms with Crippen LogP contribution < -0.4 is 10.2 Å². The number of amides is 1. The second-order valence-corrected chi connectivity index (χ2v) is 8.01. The minimum atomic E-state index is -0.341. The first-order valence-corrected chi connectivity index (χ1v) is 11.3. The van der Waals surface area contributed by atoms with E-state index in [9.17, 15) is 14.0 Å². The number of nitrogens with zero attached hydrogens (tertiary/aromatic N) is 4. The number of hydrogen-bond acceptors (Lipinski definition) is 8. The predicted octanol–water partition coefficient (Wildman–Crippen LogP) is 1.85. The maximum Gasteiger partial charge on any atom is 0.306 e. The molecule has 10 heteroatoms. The van der Waals surface area contributed by atoms with E-state index in [4.69, 9.17) is 4.74 Å². The van der Waals surface area contributed by atoms with Crippen molar-refractivity contribution in [1.82, 2.24) is 19.6 Å². The lowest BCUT2D eigenvalue weighted by atomic mass is 10.1. The number of halogens is 1. The van der Waals surface area contributed by atoms with E-state index in [2.05, 4.69) is 24.5 Å². The maximum atomic E-state index is 13.0. The van der Waals surface area contributed by atoms with Crippen molar-refractivity contribution >= 4 is 28.5 Å². The molecule has 8 nitrogen and oxygen atoms in total. The van der Waals surface area contributed by atoms with Crippen LogP contribution in [0.1, 0.15) is 31.2 Å². The van der Waals surface area contributed by atoms with Gasteiger partial charge in [-0.3, -0.25) is 14.5 Å². The summed E-state index contributed by atoms with van der Waals surface area (Å²) in [7, 11) is 0. The van der Waals surface area contributed by atoms with Gasteiger partial charge in [0.1, 0.15) is 11.6 Å². The molecule has 0 radical (unpaired) electrons. The summed E-state index contributed by atoms with van der Waals surface area (Å²) in [5.74, 6) is 0.0323. The molecule has 1 aromatic heterocycles. The van der Waals surface area contributed by atoms with Gasteiger partial charge in [0, 0.05) is 63.6 Å². The Morgan fingerprint density at radius 1 is 1.16 bits per heavy atom. The zero-order valence-electron chi connectivity index (χ0n) is 17.7. The van der Waals surface area contributed by atoms with Crippen LogP contribution in [-0.2, 0) is 20.7 Å². The number of ether oxygens (including phenoxy) is 1. The minimum absolute atomic E-state index is 0.114. The zero-order valence-corrected chi connectivity index (χ0v) is 18.5. The largest absolute Gasteiger partial charge is 0.466 e. The highest BCUT2D eigenvalue weighted by atomic mass is 32.1. The first-order chi connectivity index (χ1) is 15.0. The number of aromatic nitrogens is 2.